The first-order valence-corrected chi connectivity index (χ1v) is 9.09. The van der Waals surface area contributed by atoms with Gasteiger partial charge < -0.3 is 24.6 Å². The number of amides is 1. The van der Waals surface area contributed by atoms with E-state index in [9.17, 15) is 9.59 Å². The second-order valence-electron chi connectivity index (χ2n) is 6.54. The van der Waals surface area contributed by atoms with Gasteiger partial charge in [-0.05, 0) is 29.8 Å². The zero-order chi connectivity index (χ0) is 19.8. The van der Waals surface area contributed by atoms with Crippen LogP contribution >= 0.6 is 0 Å². The summed E-state index contributed by atoms with van der Waals surface area (Å²) in [6.45, 7) is 0.854. The summed E-state index contributed by atoms with van der Waals surface area (Å²) in [5.41, 5.74) is 0.634. The number of hydrogen-bond acceptors (Lipinski definition) is 5. The third-order valence-electron chi connectivity index (χ3n) is 4.55. The summed E-state index contributed by atoms with van der Waals surface area (Å²) in [5, 5.41) is 11.5. The minimum absolute atomic E-state index is 0.217. The topological polar surface area (TPSA) is 94.1 Å². The molecule has 0 saturated carbocycles. The Bertz CT molecular complexity index is 784. The number of nitrogens with one attached hydrogen (secondary N) is 1. The highest BCUT2D eigenvalue weighted by Crippen LogP contribution is 2.29. The predicted molar refractivity (Wildman–Crippen MR) is 102 cm³/mol. The Kier molecular flexibility index (Phi) is 6.62. The summed E-state index contributed by atoms with van der Waals surface area (Å²) in [6.07, 6.45) is 0.955. The van der Waals surface area contributed by atoms with Crippen molar-refractivity contribution < 1.29 is 28.9 Å². The Morgan fingerprint density at radius 3 is 2.36 bits per heavy atom. The van der Waals surface area contributed by atoms with Crippen molar-refractivity contribution in [2.75, 3.05) is 25.1 Å². The van der Waals surface area contributed by atoms with Gasteiger partial charge in [-0.25, -0.2) is 4.79 Å². The maximum atomic E-state index is 13.0. The Morgan fingerprint density at radius 1 is 1.04 bits per heavy atom. The van der Waals surface area contributed by atoms with Gasteiger partial charge in [-0.15, -0.1) is 0 Å². The number of carbonyl (C=O) groups excluding carboxylic acids is 1. The lowest BCUT2D eigenvalue weighted by molar-refractivity contribution is -0.158. The van der Waals surface area contributed by atoms with Crippen LogP contribution in [0.4, 0.5) is 5.69 Å². The van der Waals surface area contributed by atoms with E-state index in [4.69, 9.17) is 19.3 Å². The fraction of sp³-hybridized carbons (Fsp3) is 0.333. The van der Waals surface area contributed by atoms with Gasteiger partial charge in [0.05, 0.1) is 6.61 Å². The van der Waals surface area contributed by atoms with E-state index in [0.29, 0.717) is 44.1 Å². The van der Waals surface area contributed by atoms with Crippen LogP contribution in [0.25, 0.3) is 0 Å². The summed E-state index contributed by atoms with van der Waals surface area (Å²) >= 11 is 0. The van der Waals surface area contributed by atoms with Gasteiger partial charge in [-0.3, -0.25) is 4.79 Å². The normalized spacial score (nSPS) is 15.6. The number of carboxylic acid groups (broad SMARTS) is 1. The molecule has 1 saturated heterocycles. The highest BCUT2D eigenvalue weighted by atomic mass is 16.5. The van der Waals surface area contributed by atoms with Crippen molar-refractivity contribution in [1.82, 2.24) is 0 Å². The third-order valence-corrected chi connectivity index (χ3v) is 4.55. The first-order chi connectivity index (χ1) is 13.6. The van der Waals surface area contributed by atoms with Crippen LogP contribution in [0.5, 0.6) is 5.75 Å². The molecule has 0 aliphatic carbocycles. The van der Waals surface area contributed by atoms with Crippen molar-refractivity contribution >= 4 is 17.6 Å². The Labute approximate surface area is 163 Å². The highest BCUT2D eigenvalue weighted by Gasteiger charge is 2.41. The molecule has 0 bridgehead atoms. The predicted octanol–water partition coefficient (Wildman–Crippen LogP) is 2.85. The summed E-state index contributed by atoms with van der Waals surface area (Å²) < 4.78 is 16.6. The van der Waals surface area contributed by atoms with Crippen LogP contribution in [0.3, 0.4) is 0 Å². The van der Waals surface area contributed by atoms with Crippen molar-refractivity contribution in [1.29, 1.82) is 0 Å². The van der Waals surface area contributed by atoms with Crippen LogP contribution in [-0.4, -0.2) is 42.4 Å². The van der Waals surface area contributed by atoms with Gasteiger partial charge in [0.15, 0.2) is 12.2 Å². The molecule has 0 aromatic heterocycles. The van der Waals surface area contributed by atoms with E-state index in [1.807, 2.05) is 30.3 Å². The SMILES string of the molecule is O=C(O)COc1ccc(NC(=O)C2(OCc3ccccc3)CCOCC2)cc1. The molecule has 2 N–H and O–H groups in total. The first-order valence-electron chi connectivity index (χ1n) is 9.09. The number of aliphatic carboxylic acids is 1. The fourth-order valence-electron chi connectivity index (χ4n) is 2.96. The molecule has 7 heteroatoms. The van der Waals surface area contributed by atoms with Gasteiger partial charge in [-0.2, -0.15) is 0 Å². The summed E-state index contributed by atoms with van der Waals surface area (Å²) in [7, 11) is 0. The zero-order valence-electron chi connectivity index (χ0n) is 15.4. The Hall–Kier alpha value is -2.90. The highest BCUT2D eigenvalue weighted by molar-refractivity contribution is 5.97. The number of carbonyl (C=O) groups is 2. The second-order valence-corrected chi connectivity index (χ2v) is 6.54. The Morgan fingerprint density at radius 2 is 1.71 bits per heavy atom. The molecule has 1 fully saturated rings. The molecule has 1 aliphatic rings. The first kappa shape index (κ1) is 19.9. The quantitative estimate of drug-likeness (QED) is 0.726. The average molecular weight is 385 g/mol. The van der Waals surface area contributed by atoms with Crippen LogP contribution in [-0.2, 0) is 25.7 Å². The summed E-state index contributed by atoms with van der Waals surface area (Å²) in [6, 6.07) is 16.3. The molecule has 28 heavy (non-hydrogen) atoms. The number of anilines is 1. The number of benzene rings is 2. The third kappa shape index (κ3) is 5.31. The molecule has 148 valence electrons. The van der Waals surface area contributed by atoms with Crippen LogP contribution in [0.1, 0.15) is 18.4 Å². The summed E-state index contributed by atoms with van der Waals surface area (Å²) in [5.74, 6) is -0.846. The standard InChI is InChI=1S/C21H23NO6/c23-19(24)15-27-18-8-6-17(7-9-18)22-20(25)21(10-12-26-13-11-21)28-14-16-4-2-1-3-5-16/h1-9H,10-15H2,(H,22,25)(H,23,24). The van der Waals surface area contributed by atoms with Crippen molar-refractivity contribution in [3.63, 3.8) is 0 Å². The van der Waals surface area contributed by atoms with Crippen molar-refractivity contribution in [3.8, 4) is 5.75 Å². The molecule has 0 unspecified atom stereocenters. The molecule has 2 aromatic rings. The van der Waals surface area contributed by atoms with Gasteiger partial charge in [0.1, 0.15) is 5.75 Å². The molecule has 7 nitrogen and oxygen atoms in total. The van der Waals surface area contributed by atoms with E-state index in [-0.39, 0.29) is 5.91 Å². The number of hydrogen-bond donors (Lipinski definition) is 2. The number of ether oxygens (including phenoxy) is 3. The Balaban J connectivity index is 1.65. The van der Waals surface area contributed by atoms with Crippen molar-refractivity contribution in [2.24, 2.45) is 0 Å². The smallest absolute Gasteiger partial charge is 0.341 e. The van der Waals surface area contributed by atoms with E-state index in [2.05, 4.69) is 5.32 Å². The largest absolute Gasteiger partial charge is 0.482 e. The van der Waals surface area contributed by atoms with E-state index >= 15 is 0 Å². The number of rotatable bonds is 8. The molecule has 1 heterocycles. The van der Waals surface area contributed by atoms with Gasteiger partial charge in [-0.1, -0.05) is 30.3 Å². The lowest BCUT2D eigenvalue weighted by Gasteiger charge is -2.35. The number of carboxylic acids is 1. The van der Waals surface area contributed by atoms with Crippen LogP contribution < -0.4 is 10.1 Å². The lowest BCUT2D eigenvalue weighted by atomic mass is 9.92. The fourth-order valence-corrected chi connectivity index (χ4v) is 2.96. The van der Waals surface area contributed by atoms with Gasteiger partial charge >= 0.3 is 5.97 Å². The molecule has 2 aromatic carbocycles. The average Bonchev–Trinajstić information content (AvgIpc) is 2.73. The molecule has 1 aliphatic heterocycles. The molecular weight excluding hydrogens is 362 g/mol. The molecule has 1 amide bonds. The van der Waals surface area contributed by atoms with Crippen molar-refractivity contribution in [3.05, 3.63) is 60.2 Å². The molecule has 0 radical (unpaired) electrons. The molecule has 0 atom stereocenters. The van der Waals surface area contributed by atoms with Crippen LogP contribution in [0.15, 0.2) is 54.6 Å². The van der Waals surface area contributed by atoms with E-state index in [0.717, 1.165) is 5.56 Å². The van der Waals surface area contributed by atoms with E-state index in [1.54, 1.807) is 24.3 Å². The maximum Gasteiger partial charge on any atom is 0.341 e. The van der Waals surface area contributed by atoms with E-state index < -0.39 is 18.2 Å². The summed E-state index contributed by atoms with van der Waals surface area (Å²) in [4.78, 5) is 23.6. The van der Waals surface area contributed by atoms with Gasteiger partial charge in [0.25, 0.3) is 5.91 Å². The monoisotopic (exact) mass is 385 g/mol. The van der Waals surface area contributed by atoms with Crippen LogP contribution in [0.2, 0.25) is 0 Å². The van der Waals surface area contributed by atoms with Gasteiger partial charge in [0, 0.05) is 31.7 Å². The minimum atomic E-state index is -1.05. The maximum absolute atomic E-state index is 13.0. The second kappa shape index (κ2) is 9.34. The van der Waals surface area contributed by atoms with Crippen molar-refractivity contribution in [2.45, 2.75) is 25.0 Å². The van der Waals surface area contributed by atoms with Crippen LogP contribution in [0, 0.1) is 0 Å². The lowest BCUT2D eigenvalue weighted by Crippen LogP contribution is -2.49. The van der Waals surface area contributed by atoms with Gasteiger partial charge in [0.2, 0.25) is 0 Å². The zero-order valence-corrected chi connectivity index (χ0v) is 15.4. The van der Waals surface area contributed by atoms with E-state index in [1.165, 1.54) is 0 Å². The molecule has 0 spiro atoms. The molecule has 3 rings (SSSR count). The molecular formula is C21H23NO6. The minimum Gasteiger partial charge on any atom is -0.482 e.